The molecule has 1 rings (SSSR count). The maximum Gasteiger partial charge on any atom is 0.0568 e. The van der Waals surface area contributed by atoms with Gasteiger partial charge in [0.05, 0.1) is 6.10 Å². The molecular formula is C6H12O. The third-order valence-corrected chi connectivity index (χ3v) is 1.90. The fourth-order valence-electron chi connectivity index (χ4n) is 1.03. The van der Waals surface area contributed by atoms with Crippen LogP contribution in [0.1, 0.15) is 26.2 Å². The summed E-state index contributed by atoms with van der Waals surface area (Å²) in [4.78, 5) is 0. The molecule has 1 heteroatoms. The number of aliphatic hydroxyl groups is 1. The molecular weight excluding hydrogens is 88.1 g/mol. The zero-order valence-electron chi connectivity index (χ0n) is 4.72. The van der Waals surface area contributed by atoms with Crippen molar-refractivity contribution in [1.29, 1.82) is 0 Å². The zero-order chi connectivity index (χ0) is 5.28. The first-order chi connectivity index (χ1) is 3.34. The van der Waals surface area contributed by atoms with Crippen LogP contribution in [0.5, 0.6) is 0 Å². The molecule has 1 aliphatic rings. The highest BCUT2D eigenvalue weighted by atomic mass is 16.3. The summed E-state index contributed by atoms with van der Waals surface area (Å²) >= 11 is 0. The molecule has 0 spiro atoms. The lowest BCUT2D eigenvalue weighted by Crippen LogP contribution is -2.30. The first-order valence-electron chi connectivity index (χ1n) is 3.02. The molecule has 0 heterocycles. The Morgan fingerprint density at radius 3 is 2.29 bits per heavy atom. The van der Waals surface area contributed by atoms with E-state index in [0.29, 0.717) is 5.92 Å². The van der Waals surface area contributed by atoms with Gasteiger partial charge in [-0.2, -0.15) is 0 Å². The molecule has 2 unspecified atom stereocenters. The van der Waals surface area contributed by atoms with E-state index in [1.165, 1.54) is 6.42 Å². The quantitative estimate of drug-likeness (QED) is 0.524. The monoisotopic (exact) mass is 100 g/mol. The van der Waals surface area contributed by atoms with Gasteiger partial charge in [0.2, 0.25) is 0 Å². The van der Waals surface area contributed by atoms with E-state index >= 15 is 0 Å². The van der Waals surface area contributed by atoms with E-state index in [-0.39, 0.29) is 6.10 Å². The molecule has 0 amide bonds. The van der Waals surface area contributed by atoms with Gasteiger partial charge < -0.3 is 5.11 Å². The van der Waals surface area contributed by atoms with E-state index in [1.54, 1.807) is 0 Å². The van der Waals surface area contributed by atoms with Crippen molar-refractivity contribution >= 4 is 0 Å². The van der Waals surface area contributed by atoms with E-state index < -0.39 is 0 Å². The summed E-state index contributed by atoms with van der Waals surface area (Å²) in [5.41, 5.74) is 0. The van der Waals surface area contributed by atoms with Crippen molar-refractivity contribution in [2.24, 2.45) is 5.92 Å². The highest BCUT2D eigenvalue weighted by Crippen LogP contribution is 2.29. The predicted octanol–water partition coefficient (Wildman–Crippen LogP) is 1.17. The lowest BCUT2D eigenvalue weighted by Gasteiger charge is -2.30. The van der Waals surface area contributed by atoms with Crippen molar-refractivity contribution in [2.45, 2.75) is 32.3 Å². The van der Waals surface area contributed by atoms with Gasteiger partial charge in [-0.15, -0.1) is 0 Å². The van der Waals surface area contributed by atoms with E-state index in [9.17, 15) is 0 Å². The SMILES string of the molecule is CCC1CCC1O. The van der Waals surface area contributed by atoms with Gasteiger partial charge in [0.15, 0.2) is 0 Å². The molecule has 0 aromatic rings. The average Bonchev–Trinajstić information content (AvgIpc) is 1.65. The van der Waals surface area contributed by atoms with E-state index in [1.807, 2.05) is 0 Å². The Labute approximate surface area is 44.4 Å². The van der Waals surface area contributed by atoms with Gasteiger partial charge in [-0.05, 0) is 18.8 Å². The second-order valence-electron chi connectivity index (χ2n) is 2.31. The minimum atomic E-state index is 0.0463. The van der Waals surface area contributed by atoms with Crippen LogP contribution in [-0.2, 0) is 0 Å². The zero-order valence-corrected chi connectivity index (χ0v) is 4.72. The van der Waals surface area contributed by atoms with Crippen LogP contribution in [0.25, 0.3) is 0 Å². The van der Waals surface area contributed by atoms with Crippen molar-refractivity contribution < 1.29 is 5.11 Å². The summed E-state index contributed by atoms with van der Waals surface area (Å²) in [6.45, 7) is 2.13. The Bertz CT molecular complexity index is 59.2. The van der Waals surface area contributed by atoms with Crippen molar-refractivity contribution in [1.82, 2.24) is 0 Å². The van der Waals surface area contributed by atoms with Crippen molar-refractivity contribution in [3.63, 3.8) is 0 Å². The van der Waals surface area contributed by atoms with Crippen LogP contribution < -0.4 is 0 Å². The van der Waals surface area contributed by atoms with Crippen LogP contribution >= 0.6 is 0 Å². The second kappa shape index (κ2) is 1.83. The van der Waals surface area contributed by atoms with E-state index in [4.69, 9.17) is 5.11 Å². The van der Waals surface area contributed by atoms with Crippen LogP contribution in [0, 0.1) is 5.92 Å². The minimum absolute atomic E-state index is 0.0463. The van der Waals surface area contributed by atoms with Gasteiger partial charge in [-0.25, -0.2) is 0 Å². The Kier molecular flexibility index (Phi) is 1.33. The summed E-state index contributed by atoms with van der Waals surface area (Å²) in [7, 11) is 0. The maximum atomic E-state index is 8.91. The molecule has 0 radical (unpaired) electrons. The first kappa shape index (κ1) is 5.10. The molecule has 1 N–H and O–H groups in total. The van der Waals surface area contributed by atoms with Crippen molar-refractivity contribution in [2.75, 3.05) is 0 Å². The molecule has 42 valence electrons. The van der Waals surface area contributed by atoms with Gasteiger partial charge in [-0.1, -0.05) is 13.3 Å². The number of aliphatic hydroxyl groups excluding tert-OH is 1. The smallest absolute Gasteiger partial charge is 0.0568 e. The van der Waals surface area contributed by atoms with Gasteiger partial charge >= 0.3 is 0 Å². The van der Waals surface area contributed by atoms with Gasteiger partial charge in [-0.3, -0.25) is 0 Å². The second-order valence-corrected chi connectivity index (χ2v) is 2.31. The van der Waals surface area contributed by atoms with Crippen LogP contribution in [0.4, 0.5) is 0 Å². The topological polar surface area (TPSA) is 20.2 Å². The van der Waals surface area contributed by atoms with Gasteiger partial charge in [0.1, 0.15) is 0 Å². The highest BCUT2D eigenvalue weighted by molar-refractivity contribution is 4.77. The Morgan fingerprint density at radius 1 is 1.57 bits per heavy atom. The number of rotatable bonds is 1. The third kappa shape index (κ3) is 0.778. The lowest BCUT2D eigenvalue weighted by atomic mass is 9.80. The van der Waals surface area contributed by atoms with Crippen molar-refractivity contribution in [3.8, 4) is 0 Å². The molecule has 0 bridgehead atoms. The van der Waals surface area contributed by atoms with Gasteiger partial charge in [0.25, 0.3) is 0 Å². The summed E-state index contributed by atoms with van der Waals surface area (Å²) in [5, 5.41) is 8.91. The molecule has 0 aromatic heterocycles. The summed E-state index contributed by atoms with van der Waals surface area (Å²) in [6.07, 6.45) is 3.49. The molecule has 1 saturated carbocycles. The normalized spacial score (nSPS) is 40.3. The number of hydrogen-bond donors (Lipinski definition) is 1. The van der Waals surface area contributed by atoms with Crippen LogP contribution in [0.2, 0.25) is 0 Å². The molecule has 7 heavy (non-hydrogen) atoms. The third-order valence-electron chi connectivity index (χ3n) is 1.90. The van der Waals surface area contributed by atoms with E-state index in [0.717, 1.165) is 12.8 Å². The average molecular weight is 100 g/mol. The summed E-state index contributed by atoms with van der Waals surface area (Å²) in [6, 6.07) is 0. The van der Waals surface area contributed by atoms with Gasteiger partial charge in [0, 0.05) is 0 Å². The minimum Gasteiger partial charge on any atom is -0.393 e. The summed E-state index contributed by atoms with van der Waals surface area (Å²) < 4.78 is 0. The molecule has 0 aromatic carbocycles. The fourth-order valence-corrected chi connectivity index (χ4v) is 1.03. The highest BCUT2D eigenvalue weighted by Gasteiger charge is 2.26. The summed E-state index contributed by atoms with van der Waals surface area (Å²) in [5.74, 6) is 0.639. The standard InChI is InChI=1S/C6H12O/c1-2-5-3-4-6(5)7/h5-7H,2-4H2,1H3. The fraction of sp³-hybridized carbons (Fsp3) is 1.00. The van der Waals surface area contributed by atoms with Crippen LogP contribution in [-0.4, -0.2) is 11.2 Å². The molecule has 1 nitrogen and oxygen atoms in total. The van der Waals surface area contributed by atoms with Crippen molar-refractivity contribution in [3.05, 3.63) is 0 Å². The molecule has 2 atom stereocenters. The Morgan fingerprint density at radius 2 is 2.29 bits per heavy atom. The molecule has 1 aliphatic carbocycles. The first-order valence-corrected chi connectivity index (χ1v) is 3.02. The van der Waals surface area contributed by atoms with Crippen LogP contribution in [0.3, 0.4) is 0 Å². The van der Waals surface area contributed by atoms with E-state index in [2.05, 4.69) is 6.92 Å². The molecule has 1 fully saturated rings. The number of hydrogen-bond acceptors (Lipinski definition) is 1. The largest absolute Gasteiger partial charge is 0.393 e. The molecule has 0 saturated heterocycles. The van der Waals surface area contributed by atoms with Crippen LogP contribution in [0.15, 0.2) is 0 Å². The predicted molar refractivity (Wildman–Crippen MR) is 29.0 cm³/mol. The Hall–Kier alpha value is -0.0400. The molecule has 0 aliphatic heterocycles. The lowest BCUT2D eigenvalue weighted by molar-refractivity contribution is 0.0222. The Balaban J connectivity index is 2.16. The maximum absolute atomic E-state index is 8.91.